The predicted molar refractivity (Wildman–Crippen MR) is 93.6 cm³/mol. The first-order valence-corrected chi connectivity index (χ1v) is 5.70. The van der Waals surface area contributed by atoms with E-state index in [1.165, 1.54) is 12.1 Å². The molecule has 0 bridgehead atoms. The molecule has 0 aliphatic rings. The van der Waals surface area contributed by atoms with Crippen LogP contribution in [0.4, 0.5) is 0 Å². The number of rotatable bonds is 2. The Morgan fingerprint density at radius 1 is 0.739 bits per heavy atom. The Hall–Kier alpha value is -2.82. The van der Waals surface area contributed by atoms with Crippen molar-refractivity contribution in [2.75, 3.05) is 0 Å². The molecule has 2 aromatic rings. The van der Waals surface area contributed by atoms with Gasteiger partial charge >= 0.3 is 0 Å². The van der Waals surface area contributed by atoms with Gasteiger partial charge < -0.3 is 15.3 Å². The van der Waals surface area contributed by atoms with E-state index in [-0.39, 0.29) is 45.1 Å². The number of phenols is 3. The number of aromatic hydroxyl groups is 3. The molecule has 0 aromatic heterocycles. The fourth-order valence-corrected chi connectivity index (χ4v) is 1.39. The second-order valence-corrected chi connectivity index (χ2v) is 4.04. The Morgan fingerprint density at radius 2 is 1.17 bits per heavy atom. The third-order valence-corrected chi connectivity index (χ3v) is 2.45. The molecule has 5 nitrogen and oxygen atoms in total. The molecule has 0 amide bonds. The van der Waals surface area contributed by atoms with Crippen LogP contribution in [-0.4, -0.2) is 27.9 Å². The van der Waals surface area contributed by atoms with Crippen LogP contribution in [0.3, 0.4) is 0 Å². The smallest absolute Gasteiger partial charge is 0.153 e. The molecular formula is C18H26O5. The van der Waals surface area contributed by atoms with Crippen molar-refractivity contribution < 1.29 is 24.9 Å². The molecule has 2 rings (SSSR count). The van der Waals surface area contributed by atoms with Crippen molar-refractivity contribution in [3.63, 3.8) is 0 Å². The molecular weight excluding hydrogens is 296 g/mol. The van der Waals surface area contributed by atoms with Crippen LogP contribution in [-0.2, 0) is 0 Å². The van der Waals surface area contributed by atoms with E-state index < -0.39 is 0 Å². The van der Waals surface area contributed by atoms with Gasteiger partial charge in [0.2, 0.25) is 0 Å². The third kappa shape index (κ3) is 7.66. The molecule has 0 atom stereocenters. The topological polar surface area (TPSA) is 94.8 Å². The Kier molecular flexibility index (Phi) is 12.9. The molecule has 2 aromatic carbocycles. The SMILES string of the molecule is C.C.C.Cc1ccc(C=O)c(O)c1.O=Cc1ccc(O)cc1O. The van der Waals surface area contributed by atoms with Gasteiger partial charge in [-0.3, -0.25) is 9.59 Å². The average molecular weight is 322 g/mol. The van der Waals surface area contributed by atoms with Crippen molar-refractivity contribution in [2.45, 2.75) is 29.2 Å². The summed E-state index contributed by atoms with van der Waals surface area (Å²) in [6.07, 6.45) is 1.16. The highest BCUT2D eigenvalue weighted by atomic mass is 16.3. The van der Waals surface area contributed by atoms with Crippen LogP contribution in [0.1, 0.15) is 48.6 Å². The van der Waals surface area contributed by atoms with Gasteiger partial charge in [-0.15, -0.1) is 0 Å². The monoisotopic (exact) mass is 322 g/mol. The summed E-state index contributed by atoms with van der Waals surface area (Å²) in [6, 6.07) is 8.73. The summed E-state index contributed by atoms with van der Waals surface area (Å²) in [5.74, 6) is -0.201. The van der Waals surface area contributed by atoms with Gasteiger partial charge in [-0.1, -0.05) is 28.3 Å². The Labute approximate surface area is 137 Å². The number of aldehydes is 2. The van der Waals surface area contributed by atoms with Gasteiger partial charge in [0, 0.05) is 6.07 Å². The van der Waals surface area contributed by atoms with Crippen LogP contribution >= 0.6 is 0 Å². The summed E-state index contributed by atoms with van der Waals surface area (Å²) in [6.45, 7) is 1.86. The number of benzene rings is 2. The van der Waals surface area contributed by atoms with E-state index in [9.17, 15) is 9.59 Å². The molecule has 0 aliphatic carbocycles. The number of carbonyl (C=O) groups is 2. The van der Waals surface area contributed by atoms with Crippen LogP contribution in [0, 0.1) is 6.92 Å². The van der Waals surface area contributed by atoms with E-state index in [1.54, 1.807) is 18.2 Å². The van der Waals surface area contributed by atoms with E-state index in [0.717, 1.165) is 11.6 Å². The normalized spacial score (nSPS) is 8.04. The van der Waals surface area contributed by atoms with E-state index >= 15 is 0 Å². The highest BCUT2D eigenvalue weighted by Gasteiger charge is 1.98. The van der Waals surface area contributed by atoms with E-state index in [2.05, 4.69) is 0 Å². The van der Waals surface area contributed by atoms with Crippen molar-refractivity contribution in [3.05, 3.63) is 53.1 Å². The Balaban J connectivity index is -0.000000308. The van der Waals surface area contributed by atoms with Crippen LogP contribution < -0.4 is 0 Å². The summed E-state index contributed by atoms with van der Waals surface area (Å²) in [5.41, 5.74) is 1.46. The van der Waals surface area contributed by atoms with E-state index in [0.29, 0.717) is 18.1 Å². The third-order valence-electron chi connectivity index (χ3n) is 2.45. The summed E-state index contributed by atoms with van der Waals surface area (Å²) in [5, 5.41) is 26.7. The lowest BCUT2D eigenvalue weighted by molar-refractivity contribution is 0.111. The zero-order valence-corrected chi connectivity index (χ0v) is 10.8. The Bertz CT molecular complexity index is 565. The van der Waals surface area contributed by atoms with Gasteiger partial charge in [-0.25, -0.2) is 0 Å². The van der Waals surface area contributed by atoms with E-state index in [1.807, 2.05) is 6.92 Å². The van der Waals surface area contributed by atoms with Crippen molar-refractivity contribution in [3.8, 4) is 17.2 Å². The molecule has 128 valence electrons. The van der Waals surface area contributed by atoms with Crippen molar-refractivity contribution in [1.29, 1.82) is 0 Å². The summed E-state index contributed by atoms with van der Waals surface area (Å²) in [4.78, 5) is 20.3. The zero-order chi connectivity index (χ0) is 15.1. The minimum absolute atomic E-state index is 0. The lowest BCUT2D eigenvalue weighted by Crippen LogP contribution is -1.80. The minimum Gasteiger partial charge on any atom is -0.508 e. The summed E-state index contributed by atoms with van der Waals surface area (Å²) < 4.78 is 0. The molecule has 0 unspecified atom stereocenters. The minimum atomic E-state index is -0.199. The molecule has 0 radical (unpaired) electrons. The number of phenolic OH excluding ortho intramolecular Hbond substituents is 3. The number of aryl methyl sites for hydroxylation is 1. The van der Waals surface area contributed by atoms with Crippen LogP contribution in [0.5, 0.6) is 17.2 Å². The molecule has 0 aliphatic heterocycles. The van der Waals surface area contributed by atoms with Crippen molar-refractivity contribution in [2.24, 2.45) is 0 Å². The molecule has 0 saturated heterocycles. The van der Waals surface area contributed by atoms with Crippen molar-refractivity contribution >= 4 is 12.6 Å². The molecule has 5 heteroatoms. The first kappa shape index (κ1) is 25.2. The van der Waals surface area contributed by atoms with Gasteiger partial charge in [0.1, 0.15) is 17.2 Å². The largest absolute Gasteiger partial charge is 0.508 e. The Morgan fingerprint density at radius 3 is 1.57 bits per heavy atom. The molecule has 23 heavy (non-hydrogen) atoms. The van der Waals surface area contributed by atoms with Gasteiger partial charge in [0.15, 0.2) is 12.6 Å². The lowest BCUT2D eigenvalue weighted by atomic mass is 10.1. The first-order valence-electron chi connectivity index (χ1n) is 5.70. The fraction of sp³-hybridized carbons (Fsp3) is 0.222. The summed E-state index contributed by atoms with van der Waals surface area (Å²) in [7, 11) is 0. The maximum atomic E-state index is 10.2. The van der Waals surface area contributed by atoms with Crippen LogP contribution in [0.25, 0.3) is 0 Å². The zero-order valence-electron chi connectivity index (χ0n) is 10.8. The molecule has 0 heterocycles. The molecule has 3 N–H and O–H groups in total. The quantitative estimate of drug-likeness (QED) is 0.715. The standard InChI is InChI=1S/C8H8O2.C7H6O3.3CH4/c1-6-2-3-7(5-9)8(10)4-6;8-4-5-1-2-6(9)3-7(5)10;;;/h2-5,10H,1H3;1-4,9-10H;3*1H4. The maximum absolute atomic E-state index is 10.2. The van der Waals surface area contributed by atoms with Crippen molar-refractivity contribution in [1.82, 2.24) is 0 Å². The number of hydrogen-bond acceptors (Lipinski definition) is 5. The predicted octanol–water partition coefficient (Wildman–Crippen LogP) is 4.33. The molecule has 0 spiro atoms. The molecule has 0 fully saturated rings. The number of hydrogen-bond donors (Lipinski definition) is 3. The van der Waals surface area contributed by atoms with Crippen LogP contribution in [0.15, 0.2) is 36.4 Å². The molecule has 0 saturated carbocycles. The van der Waals surface area contributed by atoms with E-state index in [4.69, 9.17) is 15.3 Å². The van der Waals surface area contributed by atoms with Gasteiger partial charge in [-0.2, -0.15) is 0 Å². The highest BCUT2D eigenvalue weighted by Crippen LogP contribution is 2.20. The highest BCUT2D eigenvalue weighted by molar-refractivity contribution is 5.79. The maximum Gasteiger partial charge on any atom is 0.153 e. The second kappa shape index (κ2) is 11.8. The van der Waals surface area contributed by atoms with Crippen LogP contribution in [0.2, 0.25) is 0 Å². The first-order chi connectivity index (χ1) is 9.47. The van der Waals surface area contributed by atoms with Gasteiger partial charge in [0.05, 0.1) is 11.1 Å². The second-order valence-electron chi connectivity index (χ2n) is 4.04. The summed E-state index contributed by atoms with van der Waals surface area (Å²) >= 11 is 0. The average Bonchev–Trinajstić information content (AvgIpc) is 2.40. The fourth-order valence-electron chi connectivity index (χ4n) is 1.39. The lowest BCUT2D eigenvalue weighted by Gasteiger charge is -1.96. The number of carbonyl (C=O) groups excluding carboxylic acids is 2. The van der Waals surface area contributed by atoms with Gasteiger partial charge in [-0.05, 0) is 36.8 Å². The van der Waals surface area contributed by atoms with Gasteiger partial charge in [0.25, 0.3) is 0 Å².